The molecule has 0 spiro atoms. The lowest BCUT2D eigenvalue weighted by molar-refractivity contribution is 0.415. The fourth-order valence-electron chi connectivity index (χ4n) is 3.18. The summed E-state index contributed by atoms with van der Waals surface area (Å²) in [4.78, 5) is 7.12. The van der Waals surface area contributed by atoms with Gasteiger partial charge in [0.25, 0.3) is 0 Å². The van der Waals surface area contributed by atoms with Crippen molar-refractivity contribution in [3.63, 3.8) is 0 Å². The minimum absolute atomic E-state index is 0.617. The summed E-state index contributed by atoms with van der Waals surface area (Å²) in [6.07, 6.45) is 1.19. The van der Waals surface area contributed by atoms with Crippen LogP contribution >= 0.6 is 11.3 Å². The summed E-state index contributed by atoms with van der Waals surface area (Å²) in [7, 11) is 1.72. The minimum atomic E-state index is 0.617. The molecule has 2 N–H and O–H groups in total. The third kappa shape index (κ3) is 5.14. The molecule has 1 aliphatic heterocycles. The number of ether oxygens (including phenoxy) is 1. The highest BCUT2D eigenvalue weighted by molar-refractivity contribution is 7.07. The Kier molecular flexibility index (Phi) is 6.77. The number of benzene rings is 1. The third-order valence-corrected chi connectivity index (χ3v) is 5.34. The molecule has 6 heteroatoms. The van der Waals surface area contributed by atoms with Crippen LogP contribution in [0.3, 0.4) is 0 Å². The second-order valence-electron chi connectivity index (χ2n) is 6.51. The van der Waals surface area contributed by atoms with Crippen LogP contribution in [0.4, 0.5) is 5.69 Å². The van der Waals surface area contributed by atoms with Gasteiger partial charge in [-0.2, -0.15) is 11.3 Å². The van der Waals surface area contributed by atoms with Crippen LogP contribution in [0.2, 0.25) is 0 Å². The summed E-state index contributed by atoms with van der Waals surface area (Å²) >= 11 is 1.71. The predicted molar refractivity (Wildman–Crippen MR) is 110 cm³/mol. The van der Waals surface area contributed by atoms with Gasteiger partial charge in [0.2, 0.25) is 0 Å². The van der Waals surface area contributed by atoms with Gasteiger partial charge in [0.15, 0.2) is 5.96 Å². The van der Waals surface area contributed by atoms with Crippen LogP contribution in [-0.2, 0) is 6.54 Å². The maximum atomic E-state index is 5.34. The lowest BCUT2D eigenvalue weighted by atomic mass is 10.1. The molecule has 2 heterocycles. The van der Waals surface area contributed by atoms with E-state index in [1.165, 1.54) is 17.7 Å². The van der Waals surface area contributed by atoms with Crippen molar-refractivity contribution in [2.24, 2.45) is 10.9 Å². The highest BCUT2D eigenvalue weighted by Gasteiger charge is 2.23. The molecule has 1 fully saturated rings. The van der Waals surface area contributed by atoms with Crippen LogP contribution in [0, 0.1) is 5.92 Å². The normalized spacial score (nSPS) is 17.4. The van der Waals surface area contributed by atoms with Crippen LogP contribution in [0.15, 0.2) is 46.1 Å². The van der Waals surface area contributed by atoms with Gasteiger partial charge in [-0.15, -0.1) is 0 Å². The zero-order valence-corrected chi connectivity index (χ0v) is 16.4. The van der Waals surface area contributed by atoms with E-state index in [1.54, 1.807) is 18.4 Å². The summed E-state index contributed by atoms with van der Waals surface area (Å²) < 4.78 is 5.34. The van der Waals surface area contributed by atoms with Crippen LogP contribution in [-0.4, -0.2) is 39.2 Å². The molecular formula is C20H28N4OS. The van der Waals surface area contributed by atoms with Gasteiger partial charge in [0.1, 0.15) is 5.75 Å². The number of nitrogens with zero attached hydrogens (tertiary/aromatic N) is 2. The maximum absolute atomic E-state index is 5.34. The molecule has 0 bridgehead atoms. The van der Waals surface area contributed by atoms with Gasteiger partial charge in [0.05, 0.1) is 13.7 Å². The fraction of sp³-hybridized carbons (Fsp3) is 0.450. The first-order valence-electron chi connectivity index (χ1n) is 9.20. The first-order chi connectivity index (χ1) is 12.8. The zero-order valence-electron chi connectivity index (χ0n) is 15.6. The standard InChI is InChI=1S/C20H28N4OS/c1-3-21-20(23-13-17-8-10-26-15-17)22-12-16-7-9-24(14-16)18-5-4-6-19(11-18)25-2/h4-6,8,10-11,15-16H,3,7,9,12-14H2,1-2H3,(H2,21,22,23). The molecule has 1 aromatic heterocycles. The Balaban J connectivity index is 1.51. The molecule has 1 saturated heterocycles. The fourth-order valence-corrected chi connectivity index (χ4v) is 3.84. The van der Waals surface area contributed by atoms with Gasteiger partial charge in [-0.3, -0.25) is 0 Å². The van der Waals surface area contributed by atoms with E-state index in [4.69, 9.17) is 4.74 Å². The van der Waals surface area contributed by atoms with Gasteiger partial charge in [-0.25, -0.2) is 4.99 Å². The molecule has 0 aliphatic carbocycles. The number of nitrogens with one attached hydrogen (secondary N) is 2. The average Bonchev–Trinajstić information content (AvgIpc) is 3.36. The van der Waals surface area contributed by atoms with Gasteiger partial charge >= 0.3 is 0 Å². The second-order valence-corrected chi connectivity index (χ2v) is 7.29. The minimum Gasteiger partial charge on any atom is -0.497 e. The SMILES string of the molecule is CCNC(=NCc1ccsc1)NCC1CCN(c2cccc(OC)c2)C1. The number of rotatable bonds is 7. The molecule has 0 radical (unpaired) electrons. The van der Waals surface area contributed by atoms with Crippen molar-refractivity contribution >= 4 is 23.0 Å². The van der Waals surface area contributed by atoms with Crippen LogP contribution in [0.5, 0.6) is 5.75 Å². The Labute approximate surface area is 160 Å². The molecule has 0 amide bonds. The molecular weight excluding hydrogens is 344 g/mol. The predicted octanol–water partition coefficient (Wildman–Crippen LogP) is 3.34. The Hall–Kier alpha value is -2.21. The lowest BCUT2D eigenvalue weighted by Gasteiger charge is -2.20. The quantitative estimate of drug-likeness (QED) is 0.578. The molecule has 1 unspecified atom stereocenters. The van der Waals surface area contributed by atoms with E-state index in [9.17, 15) is 0 Å². The Morgan fingerprint density at radius 2 is 2.27 bits per heavy atom. The monoisotopic (exact) mass is 372 g/mol. The van der Waals surface area contributed by atoms with E-state index in [0.717, 1.165) is 44.4 Å². The summed E-state index contributed by atoms with van der Waals surface area (Å²) in [5.41, 5.74) is 2.50. The third-order valence-electron chi connectivity index (χ3n) is 4.61. The van der Waals surface area contributed by atoms with Crippen LogP contribution < -0.4 is 20.3 Å². The highest BCUT2D eigenvalue weighted by atomic mass is 32.1. The Morgan fingerprint density at radius 3 is 3.04 bits per heavy atom. The molecule has 1 atom stereocenters. The molecule has 1 aromatic carbocycles. The number of aliphatic imine (C=N–C) groups is 1. The summed E-state index contributed by atoms with van der Waals surface area (Å²) in [5, 5.41) is 11.1. The van der Waals surface area contributed by atoms with E-state index < -0.39 is 0 Å². The zero-order chi connectivity index (χ0) is 18.2. The topological polar surface area (TPSA) is 48.9 Å². The largest absolute Gasteiger partial charge is 0.497 e. The molecule has 140 valence electrons. The highest BCUT2D eigenvalue weighted by Crippen LogP contribution is 2.26. The van der Waals surface area contributed by atoms with Crippen molar-refractivity contribution in [2.45, 2.75) is 19.9 Å². The molecule has 0 saturated carbocycles. The average molecular weight is 373 g/mol. The molecule has 26 heavy (non-hydrogen) atoms. The van der Waals surface area contributed by atoms with Crippen molar-refractivity contribution in [3.05, 3.63) is 46.7 Å². The number of hydrogen-bond acceptors (Lipinski definition) is 4. The van der Waals surface area contributed by atoms with Crippen molar-refractivity contribution in [1.82, 2.24) is 10.6 Å². The summed E-state index contributed by atoms with van der Waals surface area (Å²) in [5.74, 6) is 2.43. The molecule has 5 nitrogen and oxygen atoms in total. The number of guanidine groups is 1. The van der Waals surface area contributed by atoms with Crippen molar-refractivity contribution in [2.75, 3.05) is 38.2 Å². The van der Waals surface area contributed by atoms with Crippen molar-refractivity contribution in [1.29, 1.82) is 0 Å². The molecule has 2 aromatic rings. The van der Waals surface area contributed by atoms with E-state index in [0.29, 0.717) is 5.92 Å². The lowest BCUT2D eigenvalue weighted by Crippen LogP contribution is -2.40. The van der Waals surface area contributed by atoms with Crippen LogP contribution in [0.25, 0.3) is 0 Å². The number of hydrogen-bond donors (Lipinski definition) is 2. The van der Waals surface area contributed by atoms with Gasteiger partial charge in [-0.05, 0) is 53.8 Å². The Morgan fingerprint density at radius 1 is 1.35 bits per heavy atom. The van der Waals surface area contributed by atoms with Gasteiger partial charge in [-0.1, -0.05) is 6.07 Å². The Bertz CT molecular complexity index is 702. The summed E-state index contributed by atoms with van der Waals surface area (Å²) in [6.45, 7) is 6.78. The maximum Gasteiger partial charge on any atom is 0.191 e. The number of anilines is 1. The number of thiophene rings is 1. The van der Waals surface area contributed by atoms with Crippen molar-refractivity contribution < 1.29 is 4.74 Å². The first kappa shape index (κ1) is 18.6. The van der Waals surface area contributed by atoms with E-state index in [1.807, 2.05) is 6.07 Å². The second kappa shape index (κ2) is 9.48. The first-order valence-corrected chi connectivity index (χ1v) is 10.1. The smallest absolute Gasteiger partial charge is 0.191 e. The molecule has 1 aliphatic rings. The van der Waals surface area contributed by atoms with Gasteiger partial charge in [0, 0.05) is 37.9 Å². The van der Waals surface area contributed by atoms with E-state index in [-0.39, 0.29) is 0 Å². The van der Waals surface area contributed by atoms with E-state index >= 15 is 0 Å². The van der Waals surface area contributed by atoms with Crippen molar-refractivity contribution in [3.8, 4) is 5.75 Å². The van der Waals surface area contributed by atoms with Gasteiger partial charge < -0.3 is 20.3 Å². The number of methoxy groups -OCH3 is 1. The summed E-state index contributed by atoms with van der Waals surface area (Å²) in [6, 6.07) is 10.4. The van der Waals surface area contributed by atoms with Crippen LogP contribution in [0.1, 0.15) is 18.9 Å². The van der Waals surface area contributed by atoms with E-state index in [2.05, 4.69) is 62.5 Å². The molecule has 3 rings (SSSR count).